The summed E-state index contributed by atoms with van der Waals surface area (Å²) in [6, 6.07) is 5.68. The number of carbonyl (C=O) groups is 1. The van der Waals surface area contributed by atoms with Crippen LogP contribution < -0.4 is 5.32 Å². The second-order valence-corrected chi connectivity index (χ2v) is 5.25. The maximum absolute atomic E-state index is 13.5. The van der Waals surface area contributed by atoms with Crippen molar-refractivity contribution in [1.82, 2.24) is 5.32 Å². The van der Waals surface area contributed by atoms with E-state index in [9.17, 15) is 14.3 Å². The molecule has 0 bridgehead atoms. The van der Waals surface area contributed by atoms with Crippen LogP contribution in [0.2, 0.25) is 0 Å². The van der Waals surface area contributed by atoms with E-state index < -0.39 is 11.7 Å². The molecule has 2 N–H and O–H groups in total. The van der Waals surface area contributed by atoms with Crippen molar-refractivity contribution in [3.05, 3.63) is 35.8 Å². The molecule has 1 amide bonds. The third kappa shape index (κ3) is 3.17. The molecule has 0 spiro atoms. The number of hydrogen-bond acceptors (Lipinski definition) is 3. The van der Waals surface area contributed by atoms with Crippen LogP contribution in [0.1, 0.15) is 30.8 Å². The topological polar surface area (TPSA) is 62.5 Å². The first-order valence-corrected chi connectivity index (χ1v) is 6.61. The molecule has 1 atom stereocenters. The minimum Gasteiger partial charge on any atom is -0.448 e. The number of rotatable bonds is 5. The number of benzene rings is 1. The highest BCUT2D eigenvalue weighted by Gasteiger charge is 2.18. The molecule has 1 heterocycles. The lowest BCUT2D eigenvalue weighted by molar-refractivity contribution is 0.0882. The number of fused-ring (bicyclic) bond motifs is 1. The van der Waals surface area contributed by atoms with Crippen LogP contribution in [-0.2, 0) is 0 Å². The van der Waals surface area contributed by atoms with Gasteiger partial charge in [-0.2, -0.15) is 0 Å². The zero-order chi connectivity index (χ0) is 14.7. The molecule has 1 aromatic carbocycles. The van der Waals surface area contributed by atoms with Crippen molar-refractivity contribution in [2.45, 2.75) is 26.3 Å². The summed E-state index contributed by atoms with van der Waals surface area (Å²) in [6.45, 7) is 3.87. The number of amides is 1. The van der Waals surface area contributed by atoms with E-state index in [1.165, 1.54) is 12.1 Å². The van der Waals surface area contributed by atoms with Crippen molar-refractivity contribution in [2.24, 2.45) is 5.92 Å². The Hall–Kier alpha value is -1.88. The summed E-state index contributed by atoms with van der Waals surface area (Å²) >= 11 is 0. The molecular formula is C15H18FNO3. The fourth-order valence-corrected chi connectivity index (χ4v) is 2.14. The first-order chi connectivity index (χ1) is 9.51. The maximum Gasteiger partial charge on any atom is 0.287 e. The lowest BCUT2D eigenvalue weighted by atomic mass is 10.0. The van der Waals surface area contributed by atoms with Gasteiger partial charge in [-0.3, -0.25) is 4.79 Å². The molecule has 0 radical (unpaired) electrons. The van der Waals surface area contributed by atoms with E-state index in [2.05, 4.69) is 5.32 Å². The van der Waals surface area contributed by atoms with E-state index in [4.69, 9.17) is 4.42 Å². The zero-order valence-electron chi connectivity index (χ0n) is 11.5. The number of carbonyl (C=O) groups excluding carboxylic acids is 1. The van der Waals surface area contributed by atoms with E-state index >= 15 is 0 Å². The van der Waals surface area contributed by atoms with Gasteiger partial charge >= 0.3 is 0 Å². The first-order valence-electron chi connectivity index (χ1n) is 6.61. The standard InChI is InChI=1S/C15H18FNO3/c1-9(2)6-11(8-18)17-15(19)13-7-10-4-3-5-12(16)14(10)20-13/h3-5,7,9,11,18H,6,8H2,1-2H3,(H,17,19). The van der Waals surface area contributed by atoms with Gasteiger partial charge in [-0.05, 0) is 24.5 Å². The van der Waals surface area contributed by atoms with Crippen LogP contribution in [0.15, 0.2) is 28.7 Å². The fraction of sp³-hybridized carbons (Fsp3) is 0.400. The molecule has 1 unspecified atom stereocenters. The van der Waals surface area contributed by atoms with Crippen LogP contribution >= 0.6 is 0 Å². The van der Waals surface area contributed by atoms with Gasteiger partial charge in [0.25, 0.3) is 5.91 Å². The molecule has 4 nitrogen and oxygen atoms in total. The average Bonchev–Trinajstić information content (AvgIpc) is 2.83. The van der Waals surface area contributed by atoms with Gasteiger partial charge in [0.2, 0.25) is 0 Å². The Bertz CT molecular complexity index is 606. The molecule has 0 saturated heterocycles. The Balaban J connectivity index is 2.16. The lowest BCUT2D eigenvalue weighted by Gasteiger charge is -2.17. The summed E-state index contributed by atoms with van der Waals surface area (Å²) in [5, 5.41) is 12.5. The third-order valence-corrected chi connectivity index (χ3v) is 3.03. The summed E-state index contributed by atoms with van der Waals surface area (Å²) in [5.41, 5.74) is 0.0714. The summed E-state index contributed by atoms with van der Waals surface area (Å²) in [6.07, 6.45) is 0.664. The molecule has 1 aromatic heterocycles. The quantitative estimate of drug-likeness (QED) is 0.884. The van der Waals surface area contributed by atoms with Crippen LogP contribution in [-0.4, -0.2) is 23.7 Å². The number of halogens is 1. The van der Waals surface area contributed by atoms with E-state index in [1.807, 2.05) is 13.8 Å². The van der Waals surface area contributed by atoms with Crippen molar-refractivity contribution in [2.75, 3.05) is 6.61 Å². The van der Waals surface area contributed by atoms with Crippen LogP contribution in [0.5, 0.6) is 0 Å². The largest absolute Gasteiger partial charge is 0.448 e. The molecular weight excluding hydrogens is 261 g/mol. The number of hydrogen-bond donors (Lipinski definition) is 2. The average molecular weight is 279 g/mol. The highest BCUT2D eigenvalue weighted by Crippen LogP contribution is 2.22. The molecule has 0 aliphatic carbocycles. The van der Waals surface area contributed by atoms with Crippen LogP contribution in [0.25, 0.3) is 11.0 Å². The minimum absolute atomic E-state index is 0.0484. The summed E-state index contributed by atoms with van der Waals surface area (Å²) in [4.78, 5) is 12.0. The van der Waals surface area contributed by atoms with E-state index in [1.54, 1.807) is 12.1 Å². The van der Waals surface area contributed by atoms with Crippen LogP contribution in [0, 0.1) is 11.7 Å². The SMILES string of the molecule is CC(C)CC(CO)NC(=O)c1cc2cccc(F)c2o1. The zero-order valence-corrected chi connectivity index (χ0v) is 11.5. The van der Waals surface area contributed by atoms with Gasteiger partial charge in [0.15, 0.2) is 17.2 Å². The lowest BCUT2D eigenvalue weighted by Crippen LogP contribution is -2.38. The minimum atomic E-state index is -0.498. The smallest absolute Gasteiger partial charge is 0.287 e. The molecule has 20 heavy (non-hydrogen) atoms. The molecule has 108 valence electrons. The van der Waals surface area contributed by atoms with E-state index in [0.29, 0.717) is 17.7 Å². The number of nitrogens with one attached hydrogen (secondary N) is 1. The summed E-state index contributed by atoms with van der Waals surface area (Å²) in [7, 11) is 0. The molecule has 0 fully saturated rings. The summed E-state index contributed by atoms with van der Waals surface area (Å²) < 4.78 is 18.7. The number of aliphatic hydroxyl groups excluding tert-OH is 1. The molecule has 2 rings (SSSR count). The number of furan rings is 1. The van der Waals surface area contributed by atoms with E-state index in [-0.39, 0.29) is 24.0 Å². The monoisotopic (exact) mass is 279 g/mol. The van der Waals surface area contributed by atoms with Crippen molar-refractivity contribution in [1.29, 1.82) is 0 Å². The van der Waals surface area contributed by atoms with Gasteiger partial charge in [-0.1, -0.05) is 26.0 Å². The molecule has 5 heteroatoms. The predicted octanol–water partition coefficient (Wildman–Crippen LogP) is 2.71. The third-order valence-electron chi connectivity index (χ3n) is 3.03. The Kier molecular flexibility index (Phi) is 4.39. The van der Waals surface area contributed by atoms with Crippen molar-refractivity contribution in [3.8, 4) is 0 Å². The van der Waals surface area contributed by atoms with Crippen LogP contribution in [0.4, 0.5) is 4.39 Å². The molecule has 0 aliphatic heterocycles. The Morgan fingerprint density at radius 3 is 2.80 bits per heavy atom. The van der Waals surface area contributed by atoms with Crippen molar-refractivity contribution >= 4 is 16.9 Å². The highest BCUT2D eigenvalue weighted by atomic mass is 19.1. The summed E-state index contributed by atoms with van der Waals surface area (Å²) in [5.74, 6) is -0.546. The van der Waals surface area contributed by atoms with Gasteiger partial charge < -0.3 is 14.8 Å². The Labute approximate surface area is 116 Å². The second kappa shape index (κ2) is 6.05. The van der Waals surface area contributed by atoms with Crippen molar-refractivity contribution in [3.63, 3.8) is 0 Å². The fourth-order valence-electron chi connectivity index (χ4n) is 2.14. The maximum atomic E-state index is 13.5. The van der Waals surface area contributed by atoms with Gasteiger partial charge in [-0.25, -0.2) is 4.39 Å². The predicted molar refractivity (Wildman–Crippen MR) is 74.0 cm³/mol. The first kappa shape index (κ1) is 14.5. The van der Waals surface area contributed by atoms with Gasteiger partial charge in [0.1, 0.15) is 0 Å². The van der Waals surface area contributed by atoms with Gasteiger partial charge in [-0.15, -0.1) is 0 Å². The molecule has 0 saturated carbocycles. The molecule has 0 aliphatic rings. The molecule has 2 aromatic rings. The van der Waals surface area contributed by atoms with Crippen LogP contribution in [0.3, 0.4) is 0 Å². The normalized spacial score (nSPS) is 12.8. The van der Waals surface area contributed by atoms with E-state index in [0.717, 1.165) is 0 Å². The number of para-hydroxylation sites is 1. The van der Waals surface area contributed by atoms with Gasteiger partial charge in [0, 0.05) is 5.39 Å². The Morgan fingerprint density at radius 2 is 2.20 bits per heavy atom. The Morgan fingerprint density at radius 1 is 1.45 bits per heavy atom. The number of aliphatic hydroxyl groups is 1. The highest BCUT2D eigenvalue weighted by molar-refractivity contribution is 5.96. The van der Waals surface area contributed by atoms with Crippen molar-refractivity contribution < 1.29 is 18.7 Å². The second-order valence-electron chi connectivity index (χ2n) is 5.25. The van der Waals surface area contributed by atoms with Gasteiger partial charge in [0.05, 0.1) is 12.6 Å².